The summed E-state index contributed by atoms with van der Waals surface area (Å²) in [4.78, 5) is 0. The van der Waals surface area contributed by atoms with Gasteiger partial charge in [-0.2, -0.15) is 0 Å². The van der Waals surface area contributed by atoms with Crippen LogP contribution in [0.3, 0.4) is 0 Å². The monoisotopic (exact) mass is 197 g/mol. The number of hydrogen-bond donors (Lipinski definition) is 1. The molecule has 1 fully saturated rings. The van der Waals surface area contributed by atoms with E-state index >= 15 is 0 Å². The lowest BCUT2D eigenvalue weighted by Gasteiger charge is -2.10. The molecule has 1 unspecified atom stereocenters. The average Bonchev–Trinajstić information content (AvgIpc) is 2.66. The van der Waals surface area contributed by atoms with Gasteiger partial charge >= 0.3 is 0 Å². The van der Waals surface area contributed by atoms with Gasteiger partial charge in [0.25, 0.3) is 0 Å². The smallest absolute Gasteiger partial charge is 0.161 e. The van der Waals surface area contributed by atoms with Gasteiger partial charge in [-0.25, -0.2) is 8.78 Å². The maximum Gasteiger partial charge on any atom is 0.161 e. The Bertz CT molecular complexity index is 320. The van der Waals surface area contributed by atoms with Crippen LogP contribution in [0.5, 0.6) is 0 Å². The van der Waals surface area contributed by atoms with Crippen LogP contribution in [0, 0.1) is 18.6 Å². The van der Waals surface area contributed by atoms with Crippen molar-refractivity contribution < 1.29 is 8.78 Å². The van der Waals surface area contributed by atoms with Crippen LogP contribution in [0.1, 0.15) is 23.5 Å². The van der Waals surface area contributed by atoms with E-state index in [-0.39, 0.29) is 0 Å². The van der Waals surface area contributed by atoms with Crippen molar-refractivity contribution in [3.8, 4) is 0 Å². The first-order valence-electron chi connectivity index (χ1n) is 4.84. The highest BCUT2D eigenvalue weighted by Crippen LogP contribution is 2.25. The van der Waals surface area contributed by atoms with Crippen molar-refractivity contribution in [1.29, 1.82) is 0 Å². The number of hydrogen-bond acceptors (Lipinski definition) is 1. The summed E-state index contributed by atoms with van der Waals surface area (Å²) in [5.74, 6) is -1.12. The summed E-state index contributed by atoms with van der Waals surface area (Å²) in [5, 5.41) is 3.21. The molecule has 2 rings (SSSR count). The molecule has 0 aromatic heterocycles. The molecule has 1 atom stereocenters. The topological polar surface area (TPSA) is 12.0 Å². The number of aryl methyl sites for hydroxylation is 1. The van der Waals surface area contributed by atoms with E-state index in [0.29, 0.717) is 11.5 Å². The Morgan fingerprint density at radius 3 is 2.71 bits per heavy atom. The third-order valence-corrected chi connectivity index (χ3v) is 2.76. The summed E-state index contributed by atoms with van der Waals surface area (Å²) in [7, 11) is 0. The van der Waals surface area contributed by atoms with Gasteiger partial charge in [0.15, 0.2) is 11.6 Å². The van der Waals surface area contributed by atoms with Gasteiger partial charge in [-0.15, -0.1) is 0 Å². The zero-order valence-electron chi connectivity index (χ0n) is 8.11. The van der Waals surface area contributed by atoms with Crippen LogP contribution < -0.4 is 5.32 Å². The van der Waals surface area contributed by atoms with Crippen LogP contribution in [-0.4, -0.2) is 13.1 Å². The molecule has 76 valence electrons. The minimum atomic E-state index is -0.730. The zero-order chi connectivity index (χ0) is 10.1. The molecule has 0 saturated carbocycles. The quantitative estimate of drug-likeness (QED) is 0.728. The molecule has 0 spiro atoms. The Morgan fingerprint density at radius 1 is 1.36 bits per heavy atom. The molecule has 0 radical (unpaired) electrons. The van der Waals surface area contributed by atoms with Crippen molar-refractivity contribution >= 4 is 0 Å². The molecule has 1 aliphatic rings. The highest BCUT2D eigenvalue weighted by molar-refractivity contribution is 5.28. The second-order valence-corrected chi connectivity index (χ2v) is 3.82. The van der Waals surface area contributed by atoms with Crippen LogP contribution in [0.4, 0.5) is 8.78 Å². The summed E-state index contributed by atoms with van der Waals surface area (Å²) in [6.45, 7) is 3.43. The molecule has 1 aliphatic heterocycles. The van der Waals surface area contributed by atoms with Crippen LogP contribution in [0.25, 0.3) is 0 Å². The minimum absolute atomic E-state index is 0.337. The maximum absolute atomic E-state index is 13.1. The Kier molecular flexibility index (Phi) is 2.50. The molecule has 3 heteroatoms. The summed E-state index contributed by atoms with van der Waals surface area (Å²) in [6, 6.07) is 3.07. The fourth-order valence-corrected chi connectivity index (χ4v) is 1.93. The summed E-state index contributed by atoms with van der Waals surface area (Å²) >= 11 is 0. The summed E-state index contributed by atoms with van der Waals surface area (Å²) in [5.41, 5.74) is 1.30. The van der Waals surface area contributed by atoms with Gasteiger partial charge in [-0.3, -0.25) is 0 Å². The maximum atomic E-state index is 13.1. The van der Waals surface area contributed by atoms with E-state index < -0.39 is 11.6 Å². The fraction of sp³-hybridized carbons (Fsp3) is 0.455. The molecule has 1 aromatic rings. The fourth-order valence-electron chi connectivity index (χ4n) is 1.93. The van der Waals surface area contributed by atoms with Crippen LogP contribution in [0.15, 0.2) is 12.1 Å². The van der Waals surface area contributed by atoms with Crippen LogP contribution in [-0.2, 0) is 0 Å². The highest BCUT2D eigenvalue weighted by atomic mass is 19.2. The number of benzene rings is 1. The van der Waals surface area contributed by atoms with Crippen molar-refractivity contribution in [2.45, 2.75) is 19.3 Å². The Morgan fingerprint density at radius 2 is 2.14 bits per heavy atom. The van der Waals surface area contributed by atoms with Gasteiger partial charge in [0, 0.05) is 6.54 Å². The third kappa shape index (κ3) is 1.64. The molecular weight excluding hydrogens is 184 g/mol. The molecule has 0 bridgehead atoms. The molecular formula is C11H13F2N. The van der Waals surface area contributed by atoms with Crippen molar-refractivity contribution in [3.05, 3.63) is 34.9 Å². The van der Waals surface area contributed by atoms with E-state index in [1.54, 1.807) is 13.0 Å². The number of nitrogens with one attached hydrogen (secondary N) is 1. The van der Waals surface area contributed by atoms with Gasteiger partial charge in [-0.1, -0.05) is 6.07 Å². The zero-order valence-corrected chi connectivity index (χ0v) is 8.11. The Labute approximate surface area is 82.1 Å². The van der Waals surface area contributed by atoms with E-state index in [1.807, 2.05) is 0 Å². The third-order valence-electron chi connectivity index (χ3n) is 2.76. The average molecular weight is 197 g/mol. The minimum Gasteiger partial charge on any atom is -0.316 e. The lowest BCUT2D eigenvalue weighted by atomic mass is 9.96. The van der Waals surface area contributed by atoms with E-state index in [9.17, 15) is 8.78 Å². The standard InChI is InChI=1S/C11H13F2N/c1-7-4-9(5-10(12)11(7)13)8-2-3-14-6-8/h4-5,8,14H,2-3,6H2,1H3. The van der Waals surface area contributed by atoms with E-state index in [2.05, 4.69) is 5.32 Å². The molecule has 1 saturated heterocycles. The first-order valence-corrected chi connectivity index (χ1v) is 4.84. The lowest BCUT2D eigenvalue weighted by Crippen LogP contribution is -2.08. The van der Waals surface area contributed by atoms with E-state index in [0.717, 1.165) is 25.1 Å². The van der Waals surface area contributed by atoms with Crippen molar-refractivity contribution in [3.63, 3.8) is 0 Å². The van der Waals surface area contributed by atoms with Crippen molar-refractivity contribution in [2.75, 3.05) is 13.1 Å². The molecule has 1 heterocycles. The highest BCUT2D eigenvalue weighted by Gasteiger charge is 2.18. The van der Waals surface area contributed by atoms with Gasteiger partial charge in [0.05, 0.1) is 0 Å². The molecule has 1 aromatic carbocycles. The normalized spacial score (nSPS) is 21.5. The second-order valence-electron chi connectivity index (χ2n) is 3.82. The molecule has 1 nitrogen and oxygen atoms in total. The Balaban J connectivity index is 2.34. The number of rotatable bonds is 1. The summed E-state index contributed by atoms with van der Waals surface area (Å²) in [6.07, 6.45) is 1.00. The largest absolute Gasteiger partial charge is 0.316 e. The SMILES string of the molecule is Cc1cc(C2CCNC2)cc(F)c1F. The van der Waals surface area contributed by atoms with Crippen LogP contribution >= 0.6 is 0 Å². The van der Waals surface area contributed by atoms with Gasteiger partial charge in [-0.05, 0) is 43.0 Å². The lowest BCUT2D eigenvalue weighted by molar-refractivity contribution is 0.500. The molecule has 14 heavy (non-hydrogen) atoms. The second kappa shape index (κ2) is 3.65. The van der Waals surface area contributed by atoms with Crippen molar-refractivity contribution in [2.24, 2.45) is 0 Å². The van der Waals surface area contributed by atoms with Gasteiger partial charge < -0.3 is 5.32 Å². The van der Waals surface area contributed by atoms with Crippen LogP contribution in [0.2, 0.25) is 0 Å². The van der Waals surface area contributed by atoms with E-state index in [1.165, 1.54) is 6.07 Å². The molecule has 1 N–H and O–H groups in total. The Hall–Kier alpha value is -0.960. The van der Waals surface area contributed by atoms with Crippen molar-refractivity contribution in [1.82, 2.24) is 5.32 Å². The van der Waals surface area contributed by atoms with Gasteiger partial charge in [0.1, 0.15) is 0 Å². The number of halogens is 2. The molecule has 0 amide bonds. The predicted octanol–water partition coefficient (Wildman–Crippen LogP) is 2.35. The van der Waals surface area contributed by atoms with Gasteiger partial charge in [0.2, 0.25) is 0 Å². The molecule has 0 aliphatic carbocycles. The predicted molar refractivity (Wildman–Crippen MR) is 51.3 cm³/mol. The summed E-state index contributed by atoms with van der Waals surface area (Å²) < 4.78 is 26.1. The van der Waals surface area contributed by atoms with E-state index in [4.69, 9.17) is 0 Å². The first-order chi connectivity index (χ1) is 6.68. The first kappa shape index (κ1) is 9.59.